The van der Waals surface area contributed by atoms with Gasteiger partial charge in [-0.25, -0.2) is 0 Å². The van der Waals surface area contributed by atoms with E-state index in [2.05, 4.69) is 17.2 Å². The van der Waals surface area contributed by atoms with Gasteiger partial charge in [0.05, 0.1) is 10.8 Å². The molecule has 1 rings (SSSR count). The fourth-order valence-electron chi connectivity index (χ4n) is 2.12. The van der Waals surface area contributed by atoms with Crippen molar-refractivity contribution >= 4 is 23.1 Å². The third kappa shape index (κ3) is 4.06. The van der Waals surface area contributed by atoms with Gasteiger partial charge in [0, 0.05) is 11.1 Å². The molecular weight excluding hydrogens is 462 g/mol. The molecule has 0 bridgehead atoms. The van der Waals surface area contributed by atoms with Gasteiger partial charge in [-0.05, 0) is 30.4 Å². The average Bonchev–Trinajstić information content (AvgIpc) is 2.48. The molecule has 0 aliphatic rings. The number of halogens is 12. The van der Waals surface area contributed by atoms with Gasteiger partial charge in [-0.3, -0.25) is 0 Å². The zero-order chi connectivity index (χ0) is 23.3. The van der Waals surface area contributed by atoms with Crippen LogP contribution >= 0.6 is 12.2 Å². The van der Waals surface area contributed by atoms with E-state index in [-0.39, 0.29) is 12.1 Å². The Morgan fingerprint density at radius 1 is 0.621 bits per heavy atom. The lowest BCUT2D eigenvalue weighted by Crippen LogP contribution is -2.55. The van der Waals surface area contributed by atoms with E-state index >= 15 is 0 Å². The zero-order valence-electron chi connectivity index (χ0n) is 13.0. The Bertz CT molecular complexity index is 733. The van der Waals surface area contributed by atoms with Gasteiger partial charge >= 0.3 is 24.7 Å². The van der Waals surface area contributed by atoms with Crippen LogP contribution in [0.4, 0.5) is 58.4 Å². The second kappa shape index (κ2) is 7.11. The van der Waals surface area contributed by atoms with E-state index in [1.165, 1.54) is 5.16 Å². The van der Waals surface area contributed by atoms with E-state index in [0.29, 0.717) is 0 Å². The number of thiocarbonyl (C=S) groups is 1. The Hall–Kier alpha value is -1.90. The second-order valence-corrected chi connectivity index (χ2v) is 5.57. The molecule has 16 heteroatoms. The lowest BCUT2D eigenvalue weighted by Gasteiger charge is -2.36. The van der Waals surface area contributed by atoms with Crippen LogP contribution in [0.15, 0.2) is 23.2 Å². The molecule has 0 unspecified atom stereocenters. The van der Waals surface area contributed by atoms with Crippen LogP contribution in [0.25, 0.3) is 0 Å². The van der Waals surface area contributed by atoms with Crippen LogP contribution in [0.5, 0.6) is 0 Å². The van der Waals surface area contributed by atoms with Gasteiger partial charge in [0.15, 0.2) is 0 Å². The number of rotatable bonds is 3. The van der Waals surface area contributed by atoms with Gasteiger partial charge < -0.3 is 10.2 Å². The van der Waals surface area contributed by atoms with Crippen LogP contribution in [-0.2, 0) is 11.2 Å². The fraction of sp³-hybridized carbons (Fsp3) is 0.462. The first kappa shape index (κ1) is 25.1. The first-order valence-corrected chi connectivity index (χ1v) is 7.01. The maximum Gasteiger partial charge on any atom is 0.430 e. The third-order valence-electron chi connectivity index (χ3n) is 3.57. The number of benzene rings is 1. The summed E-state index contributed by atoms with van der Waals surface area (Å²) in [6, 6.07) is -1.54. The molecule has 2 N–H and O–H groups in total. The van der Waals surface area contributed by atoms with Crippen molar-refractivity contribution in [2.75, 3.05) is 0 Å². The highest BCUT2D eigenvalue weighted by Gasteiger charge is 2.74. The lowest BCUT2D eigenvalue weighted by atomic mass is 9.85. The molecule has 0 aromatic heterocycles. The number of aliphatic hydroxyl groups is 2. The largest absolute Gasteiger partial charge is 0.430 e. The van der Waals surface area contributed by atoms with Crippen molar-refractivity contribution in [3.05, 3.63) is 29.3 Å². The maximum atomic E-state index is 13.0. The van der Waals surface area contributed by atoms with Crippen LogP contribution in [0, 0.1) is 0 Å². The molecule has 0 saturated heterocycles. The number of nitrogens with zero attached hydrogens (tertiary/aromatic N) is 1. The van der Waals surface area contributed by atoms with Gasteiger partial charge in [-0.15, -0.1) is 0 Å². The summed E-state index contributed by atoms with van der Waals surface area (Å²) in [5, 5.41) is 19.8. The number of hydrogen-bond donors (Lipinski definition) is 2. The van der Waals surface area contributed by atoms with E-state index in [1.54, 1.807) is 0 Å². The van der Waals surface area contributed by atoms with Crippen molar-refractivity contribution in [3.8, 4) is 0 Å². The number of hydrogen-bond acceptors (Lipinski definition) is 4. The molecule has 29 heavy (non-hydrogen) atoms. The summed E-state index contributed by atoms with van der Waals surface area (Å²) in [6.07, 6.45) is -26.6. The van der Waals surface area contributed by atoms with E-state index in [0.717, 1.165) is 0 Å². The Morgan fingerprint density at radius 3 is 1.10 bits per heavy atom. The topological polar surface area (TPSA) is 52.8 Å². The summed E-state index contributed by atoms with van der Waals surface area (Å²) < 4.78 is 155. The molecule has 0 heterocycles. The molecule has 3 nitrogen and oxygen atoms in total. The zero-order valence-corrected chi connectivity index (χ0v) is 13.8. The fourth-order valence-corrected chi connectivity index (χ4v) is 2.23. The Labute approximate surface area is 157 Å². The second-order valence-electron chi connectivity index (χ2n) is 5.38. The molecule has 0 aliphatic heterocycles. The van der Waals surface area contributed by atoms with Gasteiger partial charge in [0.1, 0.15) is 0 Å². The Kier molecular flexibility index (Phi) is 6.16. The molecule has 0 aliphatic carbocycles. The first-order chi connectivity index (χ1) is 12.6. The SMILES string of the molecule is OC(c1cc(N=C=S)cc(C(O)(C(F)(F)F)C(F)(F)F)c1)(C(F)(F)F)C(F)(F)F. The molecule has 0 saturated carbocycles. The average molecular weight is 467 g/mol. The van der Waals surface area contributed by atoms with Crippen LogP contribution in [-0.4, -0.2) is 40.1 Å². The number of alkyl halides is 12. The molecule has 0 fully saturated rings. The number of isothiocyanates is 1. The Morgan fingerprint density at radius 2 is 0.897 bits per heavy atom. The van der Waals surface area contributed by atoms with Gasteiger partial charge in [0.2, 0.25) is 0 Å². The van der Waals surface area contributed by atoms with Gasteiger partial charge in [0.25, 0.3) is 11.2 Å². The van der Waals surface area contributed by atoms with Gasteiger partial charge in [-0.1, -0.05) is 0 Å². The molecule has 0 amide bonds. The normalized spacial score (nSPS) is 14.6. The molecule has 1 aromatic carbocycles. The van der Waals surface area contributed by atoms with Crippen molar-refractivity contribution in [1.82, 2.24) is 0 Å². The molecule has 0 radical (unpaired) electrons. The minimum atomic E-state index is -6.64. The predicted octanol–water partition coefficient (Wildman–Crippen LogP) is 5.05. The van der Waals surface area contributed by atoms with Crippen LogP contribution < -0.4 is 0 Å². The molecule has 164 valence electrons. The molecule has 0 atom stereocenters. The van der Waals surface area contributed by atoms with Crippen LogP contribution in [0.3, 0.4) is 0 Å². The van der Waals surface area contributed by atoms with E-state index in [4.69, 9.17) is 0 Å². The minimum absolute atomic E-state index is 0.309. The standard InChI is InChI=1S/C13H5F12NO2S/c14-10(15,16)8(27,11(17,18)19)5-1-6(3-7(2-5)26-4-29)9(28,12(20,21)22)13(23,24)25/h1-3,27-28H. The lowest BCUT2D eigenvalue weighted by molar-refractivity contribution is -0.378. The Balaban J connectivity index is 4.12. The molecule has 0 spiro atoms. The van der Waals surface area contributed by atoms with Crippen LogP contribution in [0.2, 0.25) is 0 Å². The first-order valence-electron chi connectivity index (χ1n) is 6.60. The minimum Gasteiger partial charge on any atom is -0.369 e. The summed E-state index contributed by atoms with van der Waals surface area (Å²) in [5.41, 5.74) is -18.3. The van der Waals surface area contributed by atoms with E-state index in [9.17, 15) is 62.9 Å². The molecule has 1 aromatic rings. The summed E-state index contributed by atoms with van der Waals surface area (Å²) in [5.74, 6) is 0. The van der Waals surface area contributed by atoms with E-state index in [1.807, 2.05) is 0 Å². The summed E-state index contributed by atoms with van der Waals surface area (Å²) in [7, 11) is 0. The monoisotopic (exact) mass is 467 g/mol. The van der Waals surface area contributed by atoms with Crippen molar-refractivity contribution in [2.24, 2.45) is 4.99 Å². The summed E-state index contributed by atoms with van der Waals surface area (Å²) in [6.45, 7) is 0. The summed E-state index contributed by atoms with van der Waals surface area (Å²) in [4.78, 5) is 2.76. The van der Waals surface area contributed by atoms with Gasteiger partial charge in [-0.2, -0.15) is 57.7 Å². The maximum absolute atomic E-state index is 13.0. The highest BCUT2D eigenvalue weighted by molar-refractivity contribution is 7.78. The highest BCUT2D eigenvalue weighted by Crippen LogP contribution is 2.54. The van der Waals surface area contributed by atoms with Crippen molar-refractivity contribution in [2.45, 2.75) is 35.9 Å². The molecular formula is C13H5F12NO2S. The van der Waals surface area contributed by atoms with Crippen molar-refractivity contribution < 1.29 is 62.9 Å². The quantitative estimate of drug-likeness (QED) is 0.372. The third-order valence-corrected chi connectivity index (χ3v) is 3.66. The van der Waals surface area contributed by atoms with Crippen molar-refractivity contribution in [1.29, 1.82) is 0 Å². The number of aliphatic imine (C=N–C) groups is 1. The smallest absolute Gasteiger partial charge is 0.369 e. The van der Waals surface area contributed by atoms with Crippen molar-refractivity contribution in [3.63, 3.8) is 0 Å². The predicted molar refractivity (Wildman–Crippen MR) is 73.1 cm³/mol. The van der Waals surface area contributed by atoms with Crippen LogP contribution in [0.1, 0.15) is 11.1 Å². The summed E-state index contributed by atoms with van der Waals surface area (Å²) >= 11 is 3.97. The van der Waals surface area contributed by atoms with E-state index < -0.39 is 58.8 Å². The highest BCUT2D eigenvalue weighted by atomic mass is 32.1.